The molecule has 21 heavy (non-hydrogen) atoms. The molecular formula is C17H17BrN2O. The summed E-state index contributed by atoms with van der Waals surface area (Å²) in [4.78, 5) is 16.8. The number of carbonyl (C=O) groups excluding carboxylic acids is 1. The standard InChI is InChI=1S/C17H17BrN2O/c1-11-15(18)8-9-16(19-11)20-17(21)14-7-6-12-4-2-3-5-13(12)10-14/h2-5,8-9,14H,6-7,10H2,1H3,(H,19,20,21). The summed E-state index contributed by atoms with van der Waals surface area (Å²) >= 11 is 3.41. The van der Waals surface area contributed by atoms with Gasteiger partial charge in [-0.2, -0.15) is 0 Å². The van der Waals surface area contributed by atoms with Crippen molar-refractivity contribution in [1.29, 1.82) is 0 Å². The van der Waals surface area contributed by atoms with E-state index in [4.69, 9.17) is 0 Å². The molecule has 0 aliphatic heterocycles. The molecule has 1 aromatic carbocycles. The van der Waals surface area contributed by atoms with Gasteiger partial charge in [-0.3, -0.25) is 4.79 Å². The highest BCUT2D eigenvalue weighted by Gasteiger charge is 2.24. The Morgan fingerprint density at radius 1 is 1.24 bits per heavy atom. The highest BCUT2D eigenvalue weighted by atomic mass is 79.9. The Labute approximate surface area is 132 Å². The predicted octanol–water partition coefficient (Wildman–Crippen LogP) is 3.90. The van der Waals surface area contributed by atoms with E-state index in [1.54, 1.807) is 0 Å². The number of aryl methyl sites for hydroxylation is 2. The molecule has 0 spiro atoms. The van der Waals surface area contributed by atoms with E-state index in [1.807, 2.05) is 25.1 Å². The maximum absolute atomic E-state index is 12.4. The van der Waals surface area contributed by atoms with Crippen molar-refractivity contribution in [2.45, 2.75) is 26.2 Å². The second kappa shape index (κ2) is 5.98. The topological polar surface area (TPSA) is 42.0 Å². The van der Waals surface area contributed by atoms with E-state index in [1.165, 1.54) is 11.1 Å². The van der Waals surface area contributed by atoms with Crippen molar-refractivity contribution in [3.8, 4) is 0 Å². The van der Waals surface area contributed by atoms with E-state index in [0.717, 1.165) is 29.4 Å². The van der Waals surface area contributed by atoms with E-state index in [-0.39, 0.29) is 11.8 Å². The Bertz CT molecular complexity index is 684. The molecule has 1 aliphatic carbocycles. The zero-order chi connectivity index (χ0) is 14.8. The number of rotatable bonds is 2. The first-order valence-electron chi connectivity index (χ1n) is 7.14. The summed E-state index contributed by atoms with van der Waals surface area (Å²) in [6, 6.07) is 12.1. The lowest BCUT2D eigenvalue weighted by atomic mass is 9.83. The molecule has 0 fully saturated rings. The molecule has 1 unspecified atom stereocenters. The molecule has 0 bridgehead atoms. The molecule has 1 heterocycles. The van der Waals surface area contributed by atoms with Crippen LogP contribution in [-0.4, -0.2) is 10.9 Å². The molecule has 108 valence electrons. The molecule has 1 N–H and O–H groups in total. The highest BCUT2D eigenvalue weighted by molar-refractivity contribution is 9.10. The molecule has 3 rings (SSSR count). The molecular weight excluding hydrogens is 328 g/mol. The fourth-order valence-electron chi connectivity index (χ4n) is 2.76. The molecule has 1 aliphatic rings. The van der Waals surface area contributed by atoms with Crippen LogP contribution in [0.25, 0.3) is 0 Å². The van der Waals surface area contributed by atoms with Crippen molar-refractivity contribution >= 4 is 27.7 Å². The number of fused-ring (bicyclic) bond motifs is 1. The van der Waals surface area contributed by atoms with Crippen LogP contribution in [0, 0.1) is 12.8 Å². The van der Waals surface area contributed by atoms with Crippen LogP contribution >= 0.6 is 15.9 Å². The summed E-state index contributed by atoms with van der Waals surface area (Å²) in [5.74, 6) is 0.726. The van der Waals surface area contributed by atoms with Crippen LogP contribution in [0.2, 0.25) is 0 Å². The lowest BCUT2D eigenvalue weighted by Gasteiger charge is -2.23. The number of pyridine rings is 1. The minimum atomic E-state index is 0.0330. The van der Waals surface area contributed by atoms with Gasteiger partial charge in [-0.05, 0) is 65.4 Å². The summed E-state index contributed by atoms with van der Waals surface area (Å²) in [5.41, 5.74) is 3.55. The van der Waals surface area contributed by atoms with E-state index in [9.17, 15) is 4.79 Å². The van der Waals surface area contributed by atoms with E-state index >= 15 is 0 Å². The normalized spacial score (nSPS) is 17.1. The van der Waals surface area contributed by atoms with Crippen LogP contribution in [-0.2, 0) is 17.6 Å². The zero-order valence-corrected chi connectivity index (χ0v) is 13.5. The summed E-state index contributed by atoms with van der Waals surface area (Å²) in [6.07, 6.45) is 2.69. The number of anilines is 1. The van der Waals surface area contributed by atoms with Crippen LogP contribution in [0.3, 0.4) is 0 Å². The predicted molar refractivity (Wildman–Crippen MR) is 87.3 cm³/mol. The van der Waals surface area contributed by atoms with Gasteiger partial charge in [-0.25, -0.2) is 4.98 Å². The van der Waals surface area contributed by atoms with Crippen molar-refractivity contribution in [3.63, 3.8) is 0 Å². The fourth-order valence-corrected chi connectivity index (χ4v) is 2.98. The van der Waals surface area contributed by atoms with Crippen LogP contribution in [0.5, 0.6) is 0 Å². The Morgan fingerprint density at radius 3 is 2.76 bits per heavy atom. The number of nitrogens with zero attached hydrogens (tertiary/aromatic N) is 1. The number of aromatic nitrogens is 1. The lowest BCUT2D eigenvalue weighted by Crippen LogP contribution is -2.28. The molecule has 0 saturated heterocycles. The molecule has 0 radical (unpaired) electrons. The number of halogens is 1. The number of nitrogens with one attached hydrogen (secondary N) is 1. The van der Waals surface area contributed by atoms with Crippen molar-refractivity contribution in [2.24, 2.45) is 5.92 Å². The molecule has 0 saturated carbocycles. The van der Waals surface area contributed by atoms with Crippen LogP contribution < -0.4 is 5.32 Å². The summed E-state index contributed by atoms with van der Waals surface area (Å²) in [6.45, 7) is 1.91. The quantitative estimate of drug-likeness (QED) is 0.897. The van der Waals surface area contributed by atoms with Gasteiger partial charge in [0, 0.05) is 10.4 Å². The van der Waals surface area contributed by atoms with Gasteiger partial charge < -0.3 is 5.32 Å². The van der Waals surface area contributed by atoms with E-state index < -0.39 is 0 Å². The van der Waals surface area contributed by atoms with Gasteiger partial charge in [0.15, 0.2) is 0 Å². The Kier molecular flexibility index (Phi) is 4.06. The molecule has 2 aromatic rings. The minimum absolute atomic E-state index is 0.0330. The van der Waals surface area contributed by atoms with Gasteiger partial charge in [-0.15, -0.1) is 0 Å². The molecule has 1 aromatic heterocycles. The second-order valence-corrected chi connectivity index (χ2v) is 6.32. The van der Waals surface area contributed by atoms with Gasteiger partial charge in [0.1, 0.15) is 5.82 Å². The van der Waals surface area contributed by atoms with Crippen molar-refractivity contribution in [3.05, 3.63) is 57.7 Å². The number of amides is 1. The fraction of sp³-hybridized carbons (Fsp3) is 0.294. The van der Waals surface area contributed by atoms with Gasteiger partial charge in [0.2, 0.25) is 5.91 Å². The average Bonchev–Trinajstić information content (AvgIpc) is 2.50. The van der Waals surface area contributed by atoms with Crippen LogP contribution in [0.4, 0.5) is 5.82 Å². The maximum atomic E-state index is 12.4. The Balaban J connectivity index is 1.70. The molecule has 1 atom stereocenters. The van der Waals surface area contributed by atoms with E-state index in [0.29, 0.717) is 5.82 Å². The number of hydrogen-bond donors (Lipinski definition) is 1. The summed E-state index contributed by atoms with van der Waals surface area (Å²) in [7, 11) is 0. The third-order valence-electron chi connectivity index (χ3n) is 3.99. The molecule has 3 nitrogen and oxygen atoms in total. The van der Waals surface area contributed by atoms with Gasteiger partial charge in [-0.1, -0.05) is 24.3 Å². The highest BCUT2D eigenvalue weighted by Crippen LogP contribution is 2.26. The van der Waals surface area contributed by atoms with Gasteiger partial charge in [0.25, 0.3) is 0 Å². The maximum Gasteiger partial charge on any atom is 0.228 e. The second-order valence-electron chi connectivity index (χ2n) is 5.46. The monoisotopic (exact) mass is 344 g/mol. The summed E-state index contributed by atoms with van der Waals surface area (Å²) < 4.78 is 0.951. The van der Waals surface area contributed by atoms with E-state index in [2.05, 4.69) is 44.4 Å². The number of benzene rings is 1. The van der Waals surface area contributed by atoms with Crippen molar-refractivity contribution in [1.82, 2.24) is 4.98 Å². The summed E-state index contributed by atoms with van der Waals surface area (Å²) in [5, 5.41) is 2.94. The van der Waals surface area contributed by atoms with Gasteiger partial charge >= 0.3 is 0 Å². The third kappa shape index (κ3) is 3.16. The Morgan fingerprint density at radius 2 is 2.00 bits per heavy atom. The third-order valence-corrected chi connectivity index (χ3v) is 4.83. The number of hydrogen-bond acceptors (Lipinski definition) is 2. The average molecular weight is 345 g/mol. The SMILES string of the molecule is Cc1nc(NC(=O)C2CCc3ccccc3C2)ccc1Br. The minimum Gasteiger partial charge on any atom is -0.310 e. The first kappa shape index (κ1) is 14.3. The number of carbonyl (C=O) groups is 1. The lowest BCUT2D eigenvalue weighted by molar-refractivity contribution is -0.120. The smallest absolute Gasteiger partial charge is 0.228 e. The molecule has 1 amide bonds. The van der Waals surface area contributed by atoms with Crippen LogP contribution in [0.15, 0.2) is 40.9 Å². The first-order valence-corrected chi connectivity index (χ1v) is 7.93. The van der Waals surface area contributed by atoms with Crippen LogP contribution in [0.1, 0.15) is 23.2 Å². The largest absolute Gasteiger partial charge is 0.310 e. The van der Waals surface area contributed by atoms with Gasteiger partial charge in [0.05, 0.1) is 5.69 Å². The molecule has 4 heteroatoms. The van der Waals surface area contributed by atoms with Crippen molar-refractivity contribution in [2.75, 3.05) is 5.32 Å². The Hall–Kier alpha value is -1.68. The zero-order valence-electron chi connectivity index (χ0n) is 11.9. The van der Waals surface area contributed by atoms with Crippen molar-refractivity contribution < 1.29 is 4.79 Å². The first-order chi connectivity index (χ1) is 10.1.